The number of nitrogens with zero attached hydrogens (tertiary/aromatic N) is 1. The van der Waals surface area contributed by atoms with Crippen LogP contribution in [0, 0.1) is 5.92 Å². The lowest BCUT2D eigenvalue weighted by atomic mass is 10.1. The molecule has 1 aliphatic heterocycles. The van der Waals surface area contributed by atoms with Crippen molar-refractivity contribution in [3.8, 4) is 0 Å². The molecule has 1 unspecified atom stereocenters. The van der Waals surface area contributed by atoms with Crippen LogP contribution in [0.4, 0.5) is 5.69 Å². The molecule has 1 aromatic carbocycles. The fraction of sp³-hybridized carbons (Fsp3) is 0.571. The second-order valence-electron chi connectivity index (χ2n) is 5.26. The third-order valence-corrected chi connectivity index (χ3v) is 4.00. The van der Waals surface area contributed by atoms with Gasteiger partial charge < -0.3 is 10.2 Å². The Morgan fingerprint density at radius 1 is 1.18 bits per heavy atom. The van der Waals surface area contributed by atoms with Crippen molar-refractivity contribution in [3.63, 3.8) is 0 Å². The molecule has 1 aromatic rings. The summed E-state index contributed by atoms with van der Waals surface area (Å²) in [6.45, 7) is 3.55. The van der Waals surface area contributed by atoms with Crippen LogP contribution in [0.5, 0.6) is 0 Å². The first-order chi connectivity index (χ1) is 8.31. The molecule has 1 atom stereocenters. The highest BCUT2D eigenvalue weighted by atomic mass is 35.5. The molecule has 1 heterocycles. The highest BCUT2D eigenvalue weighted by molar-refractivity contribution is 6.30. The zero-order valence-electron chi connectivity index (χ0n) is 10.0. The summed E-state index contributed by atoms with van der Waals surface area (Å²) in [6.07, 6.45) is 4.07. The van der Waals surface area contributed by atoms with Crippen LogP contribution in [0.2, 0.25) is 5.02 Å². The van der Waals surface area contributed by atoms with Crippen LogP contribution in [0.15, 0.2) is 24.3 Å². The first-order valence-corrected chi connectivity index (χ1v) is 6.93. The Balaban J connectivity index is 1.53. The summed E-state index contributed by atoms with van der Waals surface area (Å²) in [5.41, 5.74) is 1.31. The molecule has 2 aliphatic rings. The molecule has 2 nitrogen and oxygen atoms in total. The van der Waals surface area contributed by atoms with Crippen LogP contribution in [-0.4, -0.2) is 25.7 Å². The van der Waals surface area contributed by atoms with E-state index >= 15 is 0 Å². The Bertz CT molecular complexity index is 372. The molecule has 0 bridgehead atoms. The number of benzene rings is 1. The third-order valence-electron chi connectivity index (χ3n) is 3.75. The first kappa shape index (κ1) is 11.4. The Labute approximate surface area is 108 Å². The van der Waals surface area contributed by atoms with Crippen molar-refractivity contribution in [2.24, 2.45) is 5.92 Å². The summed E-state index contributed by atoms with van der Waals surface area (Å²) < 4.78 is 0. The van der Waals surface area contributed by atoms with Crippen LogP contribution >= 0.6 is 11.6 Å². The largest absolute Gasteiger partial charge is 0.371 e. The van der Waals surface area contributed by atoms with Gasteiger partial charge in [-0.3, -0.25) is 0 Å². The van der Waals surface area contributed by atoms with Crippen molar-refractivity contribution in [2.45, 2.75) is 25.3 Å². The summed E-state index contributed by atoms with van der Waals surface area (Å²) in [5.74, 6) is 0.811. The van der Waals surface area contributed by atoms with E-state index in [-0.39, 0.29) is 0 Å². The normalized spacial score (nSPS) is 24.3. The summed E-state index contributed by atoms with van der Waals surface area (Å²) in [7, 11) is 0. The lowest BCUT2D eigenvalue weighted by Crippen LogP contribution is -2.27. The molecule has 17 heavy (non-hydrogen) atoms. The van der Waals surface area contributed by atoms with Gasteiger partial charge >= 0.3 is 0 Å². The maximum Gasteiger partial charge on any atom is 0.0407 e. The number of nitrogens with one attached hydrogen (secondary N) is 1. The van der Waals surface area contributed by atoms with E-state index in [0.29, 0.717) is 0 Å². The van der Waals surface area contributed by atoms with E-state index in [9.17, 15) is 0 Å². The second kappa shape index (κ2) is 4.87. The van der Waals surface area contributed by atoms with Gasteiger partial charge in [-0.05, 0) is 56.0 Å². The van der Waals surface area contributed by atoms with Gasteiger partial charge in [-0.25, -0.2) is 0 Å². The first-order valence-electron chi connectivity index (χ1n) is 6.55. The van der Waals surface area contributed by atoms with Crippen molar-refractivity contribution >= 4 is 17.3 Å². The molecule has 1 saturated heterocycles. The highest BCUT2D eigenvalue weighted by Gasteiger charge is 2.26. The SMILES string of the molecule is Clc1ccc(N2CCC(CNC3CC3)C2)cc1. The van der Waals surface area contributed by atoms with Crippen molar-refractivity contribution in [1.29, 1.82) is 0 Å². The van der Waals surface area contributed by atoms with Crippen molar-refractivity contribution in [2.75, 3.05) is 24.5 Å². The number of hydrogen-bond donors (Lipinski definition) is 1. The Morgan fingerprint density at radius 2 is 1.94 bits per heavy atom. The minimum atomic E-state index is 0.811. The lowest BCUT2D eigenvalue weighted by molar-refractivity contribution is 0.515. The van der Waals surface area contributed by atoms with Gasteiger partial charge in [0.1, 0.15) is 0 Å². The minimum Gasteiger partial charge on any atom is -0.371 e. The fourth-order valence-electron chi connectivity index (χ4n) is 2.51. The van der Waals surface area contributed by atoms with Crippen LogP contribution in [-0.2, 0) is 0 Å². The van der Waals surface area contributed by atoms with E-state index in [1.54, 1.807) is 0 Å². The fourth-order valence-corrected chi connectivity index (χ4v) is 2.63. The number of hydrogen-bond acceptors (Lipinski definition) is 2. The van der Waals surface area contributed by atoms with Gasteiger partial charge in [-0.1, -0.05) is 11.6 Å². The quantitative estimate of drug-likeness (QED) is 0.884. The Morgan fingerprint density at radius 3 is 2.65 bits per heavy atom. The summed E-state index contributed by atoms with van der Waals surface area (Å²) >= 11 is 5.91. The van der Waals surface area contributed by atoms with Crippen LogP contribution in [0.1, 0.15) is 19.3 Å². The average Bonchev–Trinajstić information content (AvgIpc) is 3.06. The van der Waals surface area contributed by atoms with Crippen molar-refractivity contribution in [3.05, 3.63) is 29.3 Å². The van der Waals surface area contributed by atoms with Gasteiger partial charge in [-0.2, -0.15) is 0 Å². The molecule has 0 aromatic heterocycles. The van der Waals surface area contributed by atoms with E-state index in [2.05, 4.69) is 22.3 Å². The molecule has 2 fully saturated rings. The maximum atomic E-state index is 5.91. The van der Waals surface area contributed by atoms with Gasteiger partial charge in [0.05, 0.1) is 0 Å². The predicted octanol–water partition coefficient (Wildman–Crippen LogP) is 2.92. The van der Waals surface area contributed by atoms with Crippen LogP contribution in [0.3, 0.4) is 0 Å². The zero-order chi connectivity index (χ0) is 11.7. The molecule has 92 valence electrons. The van der Waals surface area contributed by atoms with Crippen molar-refractivity contribution < 1.29 is 0 Å². The van der Waals surface area contributed by atoms with Gasteiger partial charge in [0.25, 0.3) is 0 Å². The summed E-state index contributed by atoms with van der Waals surface area (Å²) in [4.78, 5) is 2.47. The Hall–Kier alpha value is -0.730. The average molecular weight is 251 g/mol. The predicted molar refractivity (Wildman–Crippen MR) is 72.8 cm³/mol. The van der Waals surface area contributed by atoms with Gasteiger partial charge in [0, 0.05) is 29.8 Å². The third kappa shape index (κ3) is 2.93. The zero-order valence-corrected chi connectivity index (χ0v) is 10.8. The maximum absolute atomic E-state index is 5.91. The van der Waals surface area contributed by atoms with Crippen molar-refractivity contribution in [1.82, 2.24) is 5.32 Å². The van der Waals surface area contributed by atoms with Crippen LogP contribution < -0.4 is 10.2 Å². The Kier molecular flexibility index (Phi) is 3.26. The van der Waals surface area contributed by atoms with E-state index < -0.39 is 0 Å². The van der Waals surface area contributed by atoms with E-state index in [4.69, 9.17) is 11.6 Å². The number of rotatable bonds is 4. The molecule has 1 saturated carbocycles. The molecule has 1 N–H and O–H groups in total. The highest BCUT2D eigenvalue weighted by Crippen LogP contribution is 2.26. The van der Waals surface area contributed by atoms with Crippen LogP contribution in [0.25, 0.3) is 0 Å². The van der Waals surface area contributed by atoms with E-state index in [1.165, 1.54) is 44.6 Å². The molecule has 0 spiro atoms. The number of anilines is 1. The van der Waals surface area contributed by atoms with Gasteiger partial charge in [-0.15, -0.1) is 0 Å². The topological polar surface area (TPSA) is 15.3 Å². The summed E-state index contributed by atoms with van der Waals surface area (Å²) in [6, 6.07) is 9.04. The lowest BCUT2D eigenvalue weighted by Gasteiger charge is -2.19. The van der Waals surface area contributed by atoms with E-state index in [0.717, 1.165) is 17.0 Å². The monoisotopic (exact) mass is 250 g/mol. The molecule has 3 rings (SSSR count). The molecule has 3 heteroatoms. The minimum absolute atomic E-state index is 0.811. The second-order valence-corrected chi connectivity index (χ2v) is 5.70. The van der Waals surface area contributed by atoms with Gasteiger partial charge in [0.15, 0.2) is 0 Å². The number of halogens is 1. The molecular formula is C14H19ClN2. The summed E-state index contributed by atoms with van der Waals surface area (Å²) in [5, 5.41) is 4.45. The standard InChI is InChI=1S/C14H19ClN2/c15-12-1-5-14(6-2-12)17-8-7-11(10-17)9-16-13-3-4-13/h1-2,5-6,11,13,16H,3-4,7-10H2. The molecular weight excluding hydrogens is 232 g/mol. The molecule has 0 radical (unpaired) electrons. The van der Waals surface area contributed by atoms with Gasteiger partial charge in [0.2, 0.25) is 0 Å². The smallest absolute Gasteiger partial charge is 0.0407 e. The molecule has 1 aliphatic carbocycles. The van der Waals surface area contributed by atoms with E-state index in [1.807, 2.05) is 12.1 Å². The molecule has 0 amide bonds.